The molecule has 0 amide bonds. The van der Waals surface area contributed by atoms with Gasteiger partial charge >= 0.3 is 0 Å². The highest BCUT2D eigenvalue weighted by atomic mass is 32.2. The van der Waals surface area contributed by atoms with Crippen molar-refractivity contribution >= 4 is 16.9 Å². The molecule has 2 aliphatic rings. The van der Waals surface area contributed by atoms with Gasteiger partial charge in [-0.05, 0) is 37.0 Å². The molecule has 1 fully saturated rings. The Bertz CT molecular complexity index is 498. The smallest absolute Gasteiger partial charge is 0.159 e. The number of benzene rings is 1. The van der Waals surface area contributed by atoms with Gasteiger partial charge in [0.15, 0.2) is 5.17 Å². The molecule has 0 bridgehead atoms. The van der Waals surface area contributed by atoms with E-state index in [0.29, 0.717) is 6.10 Å². The number of hydrogen-bond donors (Lipinski definition) is 0. The number of thioether (sulfide) groups is 1. The van der Waals surface area contributed by atoms with Crippen LogP contribution >= 0.6 is 11.8 Å². The van der Waals surface area contributed by atoms with Crippen LogP contribution in [-0.4, -0.2) is 48.7 Å². The summed E-state index contributed by atoms with van der Waals surface area (Å²) >= 11 is 1.88. The second-order valence-electron chi connectivity index (χ2n) is 5.73. The normalized spacial score (nSPS) is 21.5. The van der Waals surface area contributed by atoms with Gasteiger partial charge in [-0.15, -0.1) is 0 Å². The summed E-state index contributed by atoms with van der Waals surface area (Å²) in [5.74, 6) is 2.07. The van der Waals surface area contributed by atoms with Crippen molar-refractivity contribution in [3.05, 3.63) is 29.8 Å². The number of ether oxygens (including phenoxy) is 2. The molecule has 0 spiro atoms. The minimum absolute atomic E-state index is 0.350. The predicted molar refractivity (Wildman–Crippen MR) is 91.8 cm³/mol. The van der Waals surface area contributed by atoms with Crippen molar-refractivity contribution in [2.45, 2.75) is 31.9 Å². The third-order valence-corrected chi connectivity index (χ3v) is 5.17. The number of aliphatic imine (C=N–C) groups is 1. The van der Waals surface area contributed by atoms with Crippen LogP contribution < -0.4 is 4.74 Å². The first kappa shape index (κ1) is 15.7. The van der Waals surface area contributed by atoms with Crippen molar-refractivity contribution in [2.24, 2.45) is 4.99 Å². The van der Waals surface area contributed by atoms with E-state index < -0.39 is 0 Å². The maximum Gasteiger partial charge on any atom is 0.159 e. The Labute approximate surface area is 136 Å². The third-order valence-electron chi connectivity index (χ3n) is 4.03. The largest absolute Gasteiger partial charge is 0.497 e. The molecule has 120 valence electrons. The van der Waals surface area contributed by atoms with E-state index in [1.165, 1.54) is 29.3 Å². The second kappa shape index (κ2) is 7.88. The molecule has 0 saturated carbocycles. The zero-order valence-corrected chi connectivity index (χ0v) is 14.0. The number of nitrogens with zero attached hydrogens (tertiary/aromatic N) is 2. The SMILES string of the molecule is COc1ccc(CN(CC2CCCO2)C2=NCCCS2)cc1. The van der Waals surface area contributed by atoms with Crippen LogP contribution in [0.2, 0.25) is 0 Å². The van der Waals surface area contributed by atoms with Gasteiger partial charge in [-0.3, -0.25) is 4.99 Å². The first-order valence-corrected chi connectivity index (χ1v) is 9.00. The summed E-state index contributed by atoms with van der Waals surface area (Å²) in [5.41, 5.74) is 1.28. The molecule has 3 rings (SSSR count). The van der Waals surface area contributed by atoms with Gasteiger partial charge in [0.05, 0.1) is 13.2 Å². The summed E-state index contributed by atoms with van der Waals surface area (Å²) in [6, 6.07) is 8.32. The lowest BCUT2D eigenvalue weighted by molar-refractivity contribution is 0.0906. The summed E-state index contributed by atoms with van der Waals surface area (Å²) in [7, 11) is 1.70. The van der Waals surface area contributed by atoms with Gasteiger partial charge < -0.3 is 14.4 Å². The Morgan fingerprint density at radius 2 is 2.18 bits per heavy atom. The van der Waals surface area contributed by atoms with Crippen molar-refractivity contribution in [3.8, 4) is 5.75 Å². The van der Waals surface area contributed by atoms with Crippen molar-refractivity contribution in [1.82, 2.24) is 4.90 Å². The van der Waals surface area contributed by atoms with Crippen molar-refractivity contribution in [1.29, 1.82) is 0 Å². The lowest BCUT2D eigenvalue weighted by Gasteiger charge is -2.29. The molecule has 2 aliphatic heterocycles. The van der Waals surface area contributed by atoms with Crippen LogP contribution in [0.5, 0.6) is 5.75 Å². The highest BCUT2D eigenvalue weighted by Crippen LogP contribution is 2.22. The minimum Gasteiger partial charge on any atom is -0.497 e. The fourth-order valence-electron chi connectivity index (χ4n) is 2.84. The maximum atomic E-state index is 5.82. The Balaban J connectivity index is 1.69. The van der Waals surface area contributed by atoms with Gasteiger partial charge in [-0.25, -0.2) is 0 Å². The average Bonchev–Trinajstić information content (AvgIpc) is 3.09. The Kier molecular flexibility index (Phi) is 5.62. The molecular formula is C17H24N2O2S. The average molecular weight is 320 g/mol. The zero-order chi connectivity index (χ0) is 15.2. The highest BCUT2D eigenvalue weighted by Gasteiger charge is 2.22. The van der Waals surface area contributed by atoms with E-state index in [9.17, 15) is 0 Å². The Hall–Kier alpha value is -1.20. The topological polar surface area (TPSA) is 34.1 Å². The summed E-state index contributed by atoms with van der Waals surface area (Å²) < 4.78 is 11.1. The molecule has 4 nitrogen and oxygen atoms in total. The van der Waals surface area contributed by atoms with E-state index >= 15 is 0 Å². The molecular weight excluding hydrogens is 296 g/mol. The summed E-state index contributed by atoms with van der Waals surface area (Å²) in [6.07, 6.45) is 3.88. The fourth-order valence-corrected chi connectivity index (χ4v) is 3.80. The molecule has 1 aromatic rings. The molecule has 5 heteroatoms. The van der Waals surface area contributed by atoms with E-state index in [-0.39, 0.29) is 0 Å². The van der Waals surface area contributed by atoms with Gasteiger partial charge in [-0.2, -0.15) is 0 Å². The van der Waals surface area contributed by atoms with Gasteiger partial charge in [0.25, 0.3) is 0 Å². The first-order valence-electron chi connectivity index (χ1n) is 8.02. The lowest BCUT2D eigenvalue weighted by Crippen LogP contribution is -2.36. The highest BCUT2D eigenvalue weighted by molar-refractivity contribution is 8.13. The fraction of sp³-hybridized carbons (Fsp3) is 0.588. The van der Waals surface area contributed by atoms with Gasteiger partial charge in [0.1, 0.15) is 5.75 Å². The molecule has 0 aromatic heterocycles. The Morgan fingerprint density at radius 3 is 2.82 bits per heavy atom. The monoisotopic (exact) mass is 320 g/mol. The van der Waals surface area contributed by atoms with Crippen LogP contribution in [-0.2, 0) is 11.3 Å². The van der Waals surface area contributed by atoms with Crippen LogP contribution in [0.25, 0.3) is 0 Å². The van der Waals surface area contributed by atoms with E-state index in [1.54, 1.807) is 7.11 Å². The van der Waals surface area contributed by atoms with Crippen molar-refractivity contribution in [3.63, 3.8) is 0 Å². The standard InChI is InChI=1S/C17H24N2O2S/c1-20-15-7-5-14(6-8-15)12-19(13-16-4-2-10-21-16)17-18-9-3-11-22-17/h5-8,16H,2-4,9-13H2,1H3. The molecule has 1 atom stereocenters. The Morgan fingerprint density at radius 1 is 1.32 bits per heavy atom. The molecule has 0 aliphatic carbocycles. The lowest BCUT2D eigenvalue weighted by atomic mass is 10.2. The molecule has 0 radical (unpaired) electrons. The quantitative estimate of drug-likeness (QED) is 0.834. The van der Waals surface area contributed by atoms with Gasteiger partial charge in [0.2, 0.25) is 0 Å². The number of methoxy groups -OCH3 is 1. The van der Waals surface area contributed by atoms with Crippen LogP contribution in [0.3, 0.4) is 0 Å². The molecule has 22 heavy (non-hydrogen) atoms. The number of rotatable bonds is 5. The maximum absolute atomic E-state index is 5.82. The summed E-state index contributed by atoms with van der Waals surface area (Å²) in [4.78, 5) is 7.12. The second-order valence-corrected chi connectivity index (χ2v) is 6.79. The first-order chi connectivity index (χ1) is 10.8. The van der Waals surface area contributed by atoms with Crippen molar-refractivity contribution in [2.75, 3.05) is 32.6 Å². The van der Waals surface area contributed by atoms with Gasteiger partial charge in [0, 0.05) is 32.0 Å². The minimum atomic E-state index is 0.350. The van der Waals surface area contributed by atoms with Crippen LogP contribution in [0.1, 0.15) is 24.8 Å². The van der Waals surface area contributed by atoms with Gasteiger partial charge in [-0.1, -0.05) is 23.9 Å². The predicted octanol–water partition coefficient (Wildman–Crippen LogP) is 3.17. The van der Waals surface area contributed by atoms with Crippen molar-refractivity contribution < 1.29 is 9.47 Å². The third kappa shape index (κ3) is 4.17. The summed E-state index contributed by atoms with van der Waals surface area (Å²) in [5, 5.41) is 1.18. The van der Waals surface area contributed by atoms with Crippen LogP contribution in [0.4, 0.5) is 0 Å². The molecule has 0 N–H and O–H groups in total. The molecule has 1 saturated heterocycles. The van der Waals surface area contributed by atoms with E-state index in [1.807, 2.05) is 23.9 Å². The van der Waals surface area contributed by atoms with Crippen LogP contribution in [0, 0.1) is 0 Å². The number of amidine groups is 1. The van der Waals surface area contributed by atoms with E-state index in [4.69, 9.17) is 14.5 Å². The zero-order valence-electron chi connectivity index (χ0n) is 13.2. The van der Waals surface area contributed by atoms with Crippen LogP contribution in [0.15, 0.2) is 29.3 Å². The molecule has 2 heterocycles. The number of hydrogen-bond acceptors (Lipinski definition) is 5. The summed E-state index contributed by atoms with van der Waals surface area (Å²) in [6.45, 7) is 3.68. The van der Waals surface area contributed by atoms with E-state index in [0.717, 1.165) is 38.4 Å². The molecule has 1 aromatic carbocycles. The van der Waals surface area contributed by atoms with E-state index in [2.05, 4.69) is 17.0 Å². The molecule has 1 unspecified atom stereocenters.